The molecule has 0 heterocycles. The lowest BCUT2D eigenvalue weighted by Gasteiger charge is -2.10. The molecule has 0 aliphatic carbocycles. The molecule has 6 heteroatoms. The van der Waals surface area contributed by atoms with Gasteiger partial charge in [0.1, 0.15) is 0 Å². The summed E-state index contributed by atoms with van der Waals surface area (Å²) in [5, 5.41) is 5.52. The van der Waals surface area contributed by atoms with Crippen molar-refractivity contribution in [3.8, 4) is 0 Å². The first kappa shape index (κ1) is 18.4. The van der Waals surface area contributed by atoms with Crippen LogP contribution >= 0.6 is 12.4 Å². The van der Waals surface area contributed by atoms with Crippen molar-refractivity contribution in [3.63, 3.8) is 0 Å². The maximum Gasteiger partial charge on any atom is 0.251 e. The Morgan fingerprint density at radius 2 is 1.75 bits per heavy atom. The summed E-state index contributed by atoms with van der Waals surface area (Å²) in [5.74, 6) is -0.214. The maximum absolute atomic E-state index is 11.8. The van der Waals surface area contributed by atoms with Crippen LogP contribution in [0.1, 0.15) is 23.7 Å². The largest absolute Gasteiger partial charge is 0.352 e. The Kier molecular flexibility index (Phi) is 8.59. The molecule has 0 unspecified atom stereocenters. The Hall–Kier alpha value is -1.59. The lowest BCUT2D eigenvalue weighted by atomic mass is 10.2. The SMILES string of the molecule is CC(=O)Nc1ccc(C(=O)NCCCN(C)C)cc1.Cl. The van der Waals surface area contributed by atoms with E-state index in [2.05, 4.69) is 15.5 Å². The Morgan fingerprint density at radius 1 is 1.15 bits per heavy atom. The minimum Gasteiger partial charge on any atom is -0.352 e. The quantitative estimate of drug-likeness (QED) is 0.787. The number of benzene rings is 1. The Balaban J connectivity index is 0.00000361. The van der Waals surface area contributed by atoms with E-state index in [1.165, 1.54) is 6.92 Å². The number of carbonyl (C=O) groups is 2. The van der Waals surface area contributed by atoms with Crippen molar-refractivity contribution >= 4 is 29.9 Å². The molecule has 112 valence electrons. The number of nitrogens with one attached hydrogen (secondary N) is 2. The predicted molar refractivity (Wildman–Crippen MR) is 83.5 cm³/mol. The number of hydrogen-bond donors (Lipinski definition) is 2. The van der Waals surface area contributed by atoms with Crippen LogP contribution in [-0.4, -0.2) is 43.9 Å². The van der Waals surface area contributed by atoms with Crippen LogP contribution in [0.2, 0.25) is 0 Å². The van der Waals surface area contributed by atoms with Gasteiger partial charge < -0.3 is 15.5 Å². The van der Waals surface area contributed by atoms with Crippen LogP contribution in [0.3, 0.4) is 0 Å². The molecule has 0 spiro atoms. The van der Waals surface area contributed by atoms with E-state index in [-0.39, 0.29) is 24.2 Å². The number of halogens is 1. The summed E-state index contributed by atoms with van der Waals surface area (Å²) in [6.45, 7) is 3.05. The van der Waals surface area contributed by atoms with Gasteiger partial charge in [-0.2, -0.15) is 0 Å². The first-order valence-electron chi connectivity index (χ1n) is 6.29. The van der Waals surface area contributed by atoms with Gasteiger partial charge in [-0.15, -0.1) is 12.4 Å². The molecule has 0 atom stereocenters. The van der Waals surface area contributed by atoms with Crippen molar-refractivity contribution in [1.82, 2.24) is 10.2 Å². The highest BCUT2D eigenvalue weighted by molar-refractivity contribution is 5.95. The molecule has 2 amide bonds. The zero-order valence-electron chi connectivity index (χ0n) is 12.1. The highest BCUT2D eigenvalue weighted by atomic mass is 35.5. The molecule has 1 aromatic carbocycles. The molecule has 0 saturated heterocycles. The molecule has 0 fully saturated rings. The predicted octanol–water partition coefficient (Wildman–Crippen LogP) is 1.75. The third kappa shape index (κ3) is 7.11. The molecule has 0 aromatic heterocycles. The van der Waals surface area contributed by atoms with Gasteiger partial charge in [0.05, 0.1) is 0 Å². The van der Waals surface area contributed by atoms with Crippen LogP contribution in [0.15, 0.2) is 24.3 Å². The van der Waals surface area contributed by atoms with Crippen molar-refractivity contribution < 1.29 is 9.59 Å². The van der Waals surface area contributed by atoms with Gasteiger partial charge in [0, 0.05) is 24.7 Å². The molecule has 0 aliphatic rings. The van der Waals surface area contributed by atoms with Gasteiger partial charge in [-0.25, -0.2) is 0 Å². The fourth-order valence-corrected chi connectivity index (χ4v) is 1.61. The van der Waals surface area contributed by atoms with E-state index in [0.29, 0.717) is 17.8 Å². The van der Waals surface area contributed by atoms with Crippen LogP contribution in [0.5, 0.6) is 0 Å². The van der Waals surface area contributed by atoms with Crippen LogP contribution in [0.4, 0.5) is 5.69 Å². The topological polar surface area (TPSA) is 61.4 Å². The van der Waals surface area contributed by atoms with E-state index in [9.17, 15) is 9.59 Å². The van der Waals surface area contributed by atoms with Crippen molar-refractivity contribution in [2.45, 2.75) is 13.3 Å². The number of amides is 2. The number of rotatable bonds is 6. The summed E-state index contributed by atoms with van der Waals surface area (Å²) in [7, 11) is 4.01. The molecule has 1 aromatic rings. The Morgan fingerprint density at radius 3 is 2.25 bits per heavy atom. The molecule has 1 rings (SSSR count). The highest BCUT2D eigenvalue weighted by Crippen LogP contribution is 2.09. The first-order chi connectivity index (χ1) is 8.99. The van der Waals surface area contributed by atoms with E-state index in [1.54, 1.807) is 24.3 Å². The number of nitrogens with zero attached hydrogens (tertiary/aromatic N) is 1. The molecule has 0 bridgehead atoms. The van der Waals surface area contributed by atoms with Crippen LogP contribution in [-0.2, 0) is 4.79 Å². The maximum atomic E-state index is 11.8. The lowest BCUT2D eigenvalue weighted by Crippen LogP contribution is -2.27. The molecule has 0 saturated carbocycles. The van der Waals surface area contributed by atoms with Crippen LogP contribution in [0, 0.1) is 0 Å². The smallest absolute Gasteiger partial charge is 0.251 e. The van der Waals surface area contributed by atoms with Crippen LogP contribution < -0.4 is 10.6 Å². The summed E-state index contributed by atoms with van der Waals surface area (Å²) < 4.78 is 0. The summed E-state index contributed by atoms with van der Waals surface area (Å²) in [4.78, 5) is 24.8. The van der Waals surface area contributed by atoms with E-state index in [4.69, 9.17) is 0 Å². The van der Waals surface area contributed by atoms with Crippen molar-refractivity contribution in [3.05, 3.63) is 29.8 Å². The molecule has 0 radical (unpaired) electrons. The first-order valence-corrected chi connectivity index (χ1v) is 6.29. The van der Waals surface area contributed by atoms with Gasteiger partial charge in [0.15, 0.2) is 0 Å². The van der Waals surface area contributed by atoms with Crippen molar-refractivity contribution in [2.24, 2.45) is 0 Å². The fraction of sp³-hybridized carbons (Fsp3) is 0.429. The number of hydrogen-bond acceptors (Lipinski definition) is 3. The van der Waals surface area contributed by atoms with Crippen LogP contribution in [0.25, 0.3) is 0 Å². The molecular formula is C14H22ClN3O2. The Bertz CT molecular complexity index is 433. The van der Waals surface area contributed by atoms with E-state index in [1.807, 2.05) is 14.1 Å². The average molecular weight is 300 g/mol. The summed E-state index contributed by atoms with van der Waals surface area (Å²) in [6.07, 6.45) is 0.919. The molecular weight excluding hydrogens is 278 g/mol. The van der Waals surface area contributed by atoms with Gasteiger partial charge in [0.2, 0.25) is 5.91 Å². The average Bonchev–Trinajstić information content (AvgIpc) is 2.34. The third-order valence-corrected chi connectivity index (χ3v) is 2.54. The van der Waals surface area contributed by atoms with E-state index >= 15 is 0 Å². The van der Waals surface area contributed by atoms with Gasteiger partial charge in [-0.3, -0.25) is 9.59 Å². The number of anilines is 1. The zero-order valence-corrected chi connectivity index (χ0v) is 12.9. The van der Waals surface area contributed by atoms with E-state index in [0.717, 1.165) is 13.0 Å². The number of carbonyl (C=O) groups excluding carboxylic acids is 2. The monoisotopic (exact) mass is 299 g/mol. The summed E-state index contributed by atoms with van der Waals surface area (Å²) >= 11 is 0. The van der Waals surface area contributed by atoms with Gasteiger partial charge in [-0.05, 0) is 51.3 Å². The zero-order chi connectivity index (χ0) is 14.3. The summed E-state index contributed by atoms with van der Waals surface area (Å²) in [5.41, 5.74) is 1.29. The minimum atomic E-state index is -0.124. The second-order valence-corrected chi connectivity index (χ2v) is 4.67. The van der Waals surface area contributed by atoms with Crippen molar-refractivity contribution in [1.29, 1.82) is 0 Å². The second-order valence-electron chi connectivity index (χ2n) is 4.67. The highest BCUT2D eigenvalue weighted by Gasteiger charge is 2.04. The lowest BCUT2D eigenvalue weighted by molar-refractivity contribution is -0.114. The Labute approximate surface area is 126 Å². The molecule has 5 nitrogen and oxygen atoms in total. The standard InChI is InChI=1S/C14H21N3O2.ClH/c1-11(18)16-13-7-5-12(6-8-13)14(19)15-9-4-10-17(2)3;/h5-8H,4,9-10H2,1-3H3,(H,15,19)(H,16,18);1H. The van der Waals surface area contributed by atoms with E-state index < -0.39 is 0 Å². The minimum absolute atomic E-state index is 0. The molecule has 20 heavy (non-hydrogen) atoms. The van der Waals surface area contributed by atoms with Gasteiger partial charge in [0.25, 0.3) is 5.91 Å². The second kappa shape index (κ2) is 9.34. The van der Waals surface area contributed by atoms with Gasteiger partial charge >= 0.3 is 0 Å². The molecule has 0 aliphatic heterocycles. The fourth-order valence-electron chi connectivity index (χ4n) is 1.61. The molecule has 2 N–H and O–H groups in total. The van der Waals surface area contributed by atoms with Crippen molar-refractivity contribution in [2.75, 3.05) is 32.5 Å². The summed E-state index contributed by atoms with van der Waals surface area (Å²) in [6, 6.07) is 6.84. The third-order valence-electron chi connectivity index (χ3n) is 2.54. The normalized spacial score (nSPS) is 9.80. The van der Waals surface area contributed by atoms with Gasteiger partial charge in [-0.1, -0.05) is 0 Å².